The predicted octanol–water partition coefficient (Wildman–Crippen LogP) is 3.21. The van der Waals surface area contributed by atoms with E-state index in [2.05, 4.69) is 0 Å². The van der Waals surface area contributed by atoms with Gasteiger partial charge >= 0.3 is 0 Å². The van der Waals surface area contributed by atoms with Crippen LogP contribution in [0.1, 0.15) is 5.56 Å². The minimum absolute atomic E-state index is 0.194. The predicted molar refractivity (Wildman–Crippen MR) is 79.2 cm³/mol. The Bertz CT molecular complexity index is 574. The Morgan fingerprint density at radius 3 is 2.21 bits per heavy atom. The van der Waals surface area contributed by atoms with Crippen molar-refractivity contribution in [1.82, 2.24) is 0 Å². The molecule has 1 heterocycles. The fourth-order valence-corrected chi connectivity index (χ4v) is 1.78. The fourth-order valence-electron chi connectivity index (χ4n) is 1.65. The molecule has 19 heavy (non-hydrogen) atoms. The molecule has 2 aromatic rings. The van der Waals surface area contributed by atoms with Gasteiger partial charge in [-0.15, -0.1) is 0 Å². The summed E-state index contributed by atoms with van der Waals surface area (Å²) >= 11 is 5.81. The van der Waals surface area contributed by atoms with Crippen LogP contribution in [-0.4, -0.2) is 19.2 Å². The number of rotatable bonds is 3. The fraction of sp³-hybridized carbons (Fsp3) is 0.133. The Kier molecular flexibility index (Phi) is 4.07. The summed E-state index contributed by atoms with van der Waals surface area (Å²) in [7, 11) is 3.97. The third-order valence-corrected chi connectivity index (χ3v) is 3.01. The van der Waals surface area contributed by atoms with E-state index in [-0.39, 0.29) is 5.76 Å². The van der Waals surface area contributed by atoms with Crippen LogP contribution < -0.4 is 9.47 Å². The van der Waals surface area contributed by atoms with E-state index in [1.54, 1.807) is 35.0 Å². The number of aromatic nitrogens is 1. The van der Waals surface area contributed by atoms with Gasteiger partial charge in [0, 0.05) is 42.5 Å². The minimum atomic E-state index is 0.194. The van der Waals surface area contributed by atoms with Crippen LogP contribution in [0, 0.1) is 0 Å². The molecule has 0 fully saturated rings. The topological polar surface area (TPSA) is 27.4 Å². The molecule has 1 aromatic heterocycles. The van der Waals surface area contributed by atoms with Crippen LogP contribution in [0.4, 0.5) is 5.69 Å². The van der Waals surface area contributed by atoms with Gasteiger partial charge in [0.2, 0.25) is 6.20 Å². The minimum Gasteiger partial charge on any atom is -0.502 e. The molecule has 0 aliphatic rings. The third kappa shape index (κ3) is 3.48. The van der Waals surface area contributed by atoms with Gasteiger partial charge in [-0.25, -0.2) is 0 Å². The second kappa shape index (κ2) is 5.76. The number of benzene rings is 1. The highest BCUT2D eigenvalue weighted by Gasteiger charge is 2.05. The lowest BCUT2D eigenvalue weighted by atomic mass is 10.2. The van der Waals surface area contributed by atoms with Crippen molar-refractivity contribution in [2.75, 3.05) is 19.0 Å². The molecule has 0 unspecified atom stereocenters. The van der Waals surface area contributed by atoms with Gasteiger partial charge in [0.25, 0.3) is 0 Å². The molecule has 4 heteroatoms. The molecule has 0 radical (unpaired) electrons. The van der Waals surface area contributed by atoms with Crippen molar-refractivity contribution < 1.29 is 9.67 Å². The van der Waals surface area contributed by atoms with Gasteiger partial charge in [0.1, 0.15) is 0 Å². The maximum atomic E-state index is 10.0. The molecule has 0 saturated carbocycles. The van der Waals surface area contributed by atoms with E-state index in [0.29, 0.717) is 5.02 Å². The summed E-state index contributed by atoms with van der Waals surface area (Å²) in [6.07, 6.45) is 5.44. The number of anilines is 1. The highest BCUT2D eigenvalue weighted by atomic mass is 35.5. The first-order valence-electron chi connectivity index (χ1n) is 5.91. The van der Waals surface area contributed by atoms with E-state index >= 15 is 0 Å². The van der Waals surface area contributed by atoms with Crippen LogP contribution in [-0.2, 0) is 0 Å². The molecule has 0 saturated heterocycles. The zero-order valence-corrected chi connectivity index (χ0v) is 11.7. The number of hydrogen-bond acceptors (Lipinski definition) is 2. The van der Waals surface area contributed by atoms with Crippen LogP contribution in [0.2, 0.25) is 5.02 Å². The van der Waals surface area contributed by atoms with Crippen LogP contribution in [0.5, 0.6) is 0 Å². The molecular formula is C15H16ClN2O+. The Hall–Kier alpha value is -2.00. The highest BCUT2D eigenvalue weighted by Crippen LogP contribution is 2.15. The Morgan fingerprint density at radius 1 is 1.11 bits per heavy atom. The normalized spacial score (nSPS) is 11.4. The molecule has 2 rings (SSSR count). The van der Waals surface area contributed by atoms with Crippen molar-refractivity contribution in [3.63, 3.8) is 0 Å². The average molecular weight is 276 g/mol. The lowest BCUT2D eigenvalue weighted by Gasteiger charge is -2.09. The summed E-state index contributed by atoms with van der Waals surface area (Å²) < 4.78 is 1.80. The SMILES string of the molecule is CN(C)c1cc[n+](/C=C(/O)c2ccc(Cl)cc2)cc1. The van der Waals surface area contributed by atoms with Crippen molar-refractivity contribution in [2.45, 2.75) is 0 Å². The second-order valence-electron chi connectivity index (χ2n) is 4.42. The zero-order chi connectivity index (χ0) is 13.8. The molecule has 1 N–H and O–H groups in total. The molecular weight excluding hydrogens is 260 g/mol. The largest absolute Gasteiger partial charge is 0.502 e. The van der Waals surface area contributed by atoms with E-state index in [1.807, 2.05) is 43.5 Å². The summed E-state index contributed by atoms with van der Waals surface area (Å²) in [5.74, 6) is 0.194. The van der Waals surface area contributed by atoms with Gasteiger partial charge < -0.3 is 10.0 Å². The summed E-state index contributed by atoms with van der Waals surface area (Å²) in [5.41, 5.74) is 1.84. The van der Waals surface area contributed by atoms with Crippen LogP contribution in [0.3, 0.4) is 0 Å². The van der Waals surface area contributed by atoms with Gasteiger partial charge in [0.15, 0.2) is 18.2 Å². The van der Waals surface area contributed by atoms with Crippen LogP contribution >= 0.6 is 11.6 Å². The Morgan fingerprint density at radius 2 is 1.68 bits per heavy atom. The molecule has 0 spiro atoms. The maximum absolute atomic E-state index is 10.0. The molecule has 0 aliphatic heterocycles. The van der Waals surface area contributed by atoms with Crippen LogP contribution in [0.25, 0.3) is 12.0 Å². The van der Waals surface area contributed by atoms with Gasteiger partial charge in [-0.05, 0) is 24.3 Å². The first kappa shape index (κ1) is 13.4. The summed E-state index contributed by atoms with van der Waals surface area (Å²) in [4.78, 5) is 2.02. The van der Waals surface area contributed by atoms with Crippen molar-refractivity contribution in [1.29, 1.82) is 0 Å². The van der Waals surface area contributed by atoms with Gasteiger partial charge in [-0.2, -0.15) is 4.57 Å². The summed E-state index contributed by atoms with van der Waals surface area (Å²) in [6, 6.07) is 11.0. The van der Waals surface area contributed by atoms with E-state index < -0.39 is 0 Å². The van der Waals surface area contributed by atoms with Crippen molar-refractivity contribution >= 4 is 29.2 Å². The second-order valence-corrected chi connectivity index (χ2v) is 4.86. The van der Waals surface area contributed by atoms with Gasteiger partial charge in [0.05, 0.1) is 0 Å². The Balaban J connectivity index is 2.22. The first-order valence-corrected chi connectivity index (χ1v) is 6.29. The smallest absolute Gasteiger partial charge is 0.216 e. The molecule has 0 aliphatic carbocycles. The van der Waals surface area contributed by atoms with Gasteiger partial charge in [-0.3, -0.25) is 0 Å². The number of hydrogen-bond donors (Lipinski definition) is 1. The standard InChI is InChI=1S/C15H15ClN2O/c1-17(2)14-7-9-18(10-8-14)11-15(19)12-3-5-13(16)6-4-12/h3-11H,1-2H3/p+1/b15-11+. The van der Waals surface area contributed by atoms with Crippen molar-refractivity contribution in [2.24, 2.45) is 0 Å². The Labute approximate surface area is 118 Å². The maximum Gasteiger partial charge on any atom is 0.216 e. The monoisotopic (exact) mass is 275 g/mol. The molecule has 3 nitrogen and oxygen atoms in total. The first-order chi connectivity index (χ1) is 9.06. The molecule has 0 bridgehead atoms. The number of nitrogens with zero attached hydrogens (tertiary/aromatic N) is 2. The van der Waals surface area contributed by atoms with Crippen molar-refractivity contribution in [3.05, 3.63) is 59.4 Å². The lowest BCUT2D eigenvalue weighted by Crippen LogP contribution is -2.25. The van der Waals surface area contributed by atoms with E-state index in [9.17, 15) is 5.11 Å². The molecule has 0 atom stereocenters. The highest BCUT2D eigenvalue weighted by molar-refractivity contribution is 6.30. The summed E-state index contributed by atoms with van der Waals surface area (Å²) in [6.45, 7) is 0. The van der Waals surface area contributed by atoms with E-state index in [4.69, 9.17) is 11.6 Å². The van der Waals surface area contributed by atoms with Gasteiger partial charge in [-0.1, -0.05) is 11.6 Å². The number of aliphatic hydroxyl groups is 1. The number of pyridine rings is 1. The summed E-state index contributed by atoms with van der Waals surface area (Å²) in [5, 5.41) is 10.7. The lowest BCUT2D eigenvalue weighted by molar-refractivity contribution is -0.568. The zero-order valence-electron chi connectivity index (χ0n) is 10.9. The van der Waals surface area contributed by atoms with E-state index in [0.717, 1.165) is 11.3 Å². The average Bonchev–Trinajstić information content (AvgIpc) is 2.40. The third-order valence-electron chi connectivity index (χ3n) is 2.76. The molecule has 1 aromatic carbocycles. The molecule has 98 valence electrons. The van der Waals surface area contributed by atoms with Crippen molar-refractivity contribution in [3.8, 4) is 0 Å². The number of halogens is 1. The quantitative estimate of drug-likeness (QED) is 0.688. The van der Waals surface area contributed by atoms with Crippen LogP contribution in [0.15, 0.2) is 48.8 Å². The molecule has 0 amide bonds. The van der Waals surface area contributed by atoms with E-state index in [1.165, 1.54) is 0 Å². The number of aliphatic hydroxyl groups excluding tert-OH is 1.